The molecule has 0 unspecified atom stereocenters. The molecule has 2 N–H and O–H groups in total. The van der Waals surface area contributed by atoms with Gasteiger partial charge in [0.2, 0.25) is 5.91 Å². The third-order valence-corrected chi connectivity index (χ3v) is 4.52. The topological polar surface area (TPSA) is 91.7 Å². The number of hydrogen-bond donors (Lipinski definition) is 2. The first-order valence-electron chi connectivity index (χ1n) is 9.06. The van der Waals surface area contributed by atoms with Gasteiger partial charge in [-0.1, -0.05) is 18.2 Å². The molecule has 4 aromatic rings. The van der Waals surface area contributed by atoms with Crippen molar-refractivity contribution in [2.75, 3.05) is 19.4 Å². The van der Waals surface area contributed by atoms with Gasteiger partial charge < -0.3 is 10.2 Å². The first kappa shape index (κ1) is 18.6. The van der Waals surface area contributed by atoms with Crippen molar-refractivity contribution in [1.29, 1.82) is 0 Å². The number of benzene rings is 1. The van der Waals surface area contributed by atoms with E-state index >= 15 is 0 Å². The number of carbonyl (C=O) groups excluding carboxylic acids is 1. The molecule has 9 heteroatoms. The highest BCUT2D eigenvalue weighted by Crippen LogP contribution is 2.24. The Bertz CT molecular complexity index is 1160. The fourth-order valence-electron chi connectivity index (χ4n) is 2.96. The standard InChI is InChI=1S/C20H20FN7O/c1-27(2)20(29)12-28-8-7-18(26-28)24-19-10-17-14(11-22-25-17)16(23-19)9-13-5-3-4-6-15(13)21/h3-8,10-11H,9,12H2,1-2H3,(H,22,25)(H,23,24,26). The van der Waals surface area contributed by atoms with E-state index in [1.54, 1.807) is 55.4 Å². The molecule has 4 rings (SSSR count). The maximum atomic E-state index is 14.1. The monoisotopic (exact) mass is 393 g/mol. The molecule has 0 atom stereocenters. The highest BCUT2D eigenvalue weighted by atomic mass is 19.1. The van der Waals surface area contributed by atoms with E-state index in [1.807, 2.05) is 6.07 Å². The molecule has 3 heterocycles. The number of likely N-dealkylation sites (N-methyl/N-ethyl adjacent to an activating group) is 1. The minimum atomic E-state index is -0.270. The molecule has 0 aliphatic rings. The second kappa shape index (κ2) is 7.70. The summed E-state index contributed by atoms with van der Waals surface area (Å²) in [5.74, 6) is 0.787. The molecule has 148 valence electrons. The third-order valence-electron chi connectivity index (χ3n) is 4.52. The predicted octanol–water partition coefficient (Wildman–Crippen LogP) is 2.72. The smallest absolute Gasteiger partial charge is 0.243 e. The molecule has 0 aliphatic carbocycles. The number of carbonyl (C=O) groups is 1. The molecule has 29 heavy (non-hydrogen) atoms. The quantitative estimate of drug-likeness (QED) is 0.526. The first-order valence-corrected chi connectivity index (χ1v) is 9.06. The number of aromatic nitrogens is 5. The van der Waals surface area contributed by atoms with Crippen molar-refractivity contribution in [3.05, 3.63) is 65.9 Å². The van der Waals surface area contributed by atoms with Crippen LogP contribution in [0, 0.1) is 5.82 Å². The van der Waals surface area contributed by atoms with Crippen molar-refractivity contribution in [2.24, 2.45) is 0 Å². The van der Waals surface area contributed by atoms with Crippen LogP contribution in [0.1, 0.15) is 11.3 Å². The van der Waals surface area contributed by atoms with Crippen molar-refractivity contribution < 1.29 is 9.18 Å². The van der Waals surface area contributed by atoms with Gasteiger partial charge in [-0.05, 0) is 11.6 Å². The largest absolute Gasteiger partial charge is 0.347 e. The summed E-state index contributed by atoms with van der Waals surface area (Å²) in [7, 11) is 3.40. The maximum Gasteiger partial charge on any atom is 0.243 e. The lowest BCUT2D eigenvalue weighted by molar-refractivity contribution is -0.129. The second-order valence-corrected chi connectivity index (χ2v) is 6.87. The van der Waals surface area contributed by atoms with E-state index in [0.717, 1.165) is 10.9 Å². The van der Waals surface area contributed by atoms with Gasteiger partial charge in [0, 0.05) is 44.2 Å². The molecule has 0 saturated carbocycles. The first-order chi connectivity index (χ1) is 14.0. The summed E-state index contributed by atoms with van der Waals surface area (Å²) in [4.78, 5) is 18.0. The molecule has 0 saturated heterocycles. The number of pyridine rings is 1. The van der Waals surface area contributed by atoms with Gasteiger partial charge in [0.05, 0.1) is 17.4 Å². The zero-order valence-electron chi connectivity index (χ0n) is 16.1. The Morgan fingerprint density at radius 3 is 2.86 bits per heavy atom. The molecule has 0 aliphatic heterocycles. The summed E-state index contributed by atoms with van der Waals surface area (Å²) in [5, 5.41) is 15.3. The summed E-state index contributed by atoms with van der Waals surface area (Å²) in [5.41, 5.74) is 2.05. The number of anilines is 2. The second-order valence-electron chi connectivity index (χ2n) is 6.87. The van der Waals surface area contributed by atoms with E-state index < -0.39 is 0 Å². The van der Waals surface area contributed by atoms with Crippen molar-refractivity contribution in [3.63, 3.8) is 0 Å². The van der Waals surface area contributed by atoms with Crippen LogP contribution in [0.4, 0.5) is 16.0 Å². The molecular weight excluding hydrogens is 373 g/mol. The van der Waals surface area contributed by atoms with Crippen LogP contribution in [0.5, 0.6) is 0 Å². The lowest BCUT2D eigenvalue weighted by Gasteiger charge is -2.10. The number of rotatable bonds is 6. The zero-order chi connectivity index (χ0) is 20.4. The number of halogens is 1. The number of nitrogens with one attached hydrogen (secondary N) is 2. The molecule has 0 radical (unpaired) electrons. The third kappa shape index (κ3) is 4.08. The van der Waals surface area contributed by atoms with Crippen LogP contribution in [0.25, 0.3) is 10.9 Å². The molecule has 1 amide bonds. The van der Waals surface area contributed by atoms with Gasteiger partial charge >= 0.3 is 0 Å². The van der Waals surface area contributed by atoms with Crippen LogP contribution in [0.3, 0.4) is 0 Å². The van der Waals surface area contributed by atoms with Gasteiger partial charge in [0.1, 0.15) is 18.2 Å². The molecule has 0 spiro atoms. The Morgan fingerprint density at radius 1 is 1.24 bits per heavy atom. The summed E-state index contributed by atoms with van der Waals surface area (Å²) in [6.07, 6.45) is 3.74. The molecule has 0 bridgehead atoms. The Hall–Kier alpha value is -3.75. The Balaban J connectivity index is 1.59. The van der Waals surface area contributed by atoms with E-state index in [2.05, 4.69) is 25.6 Å². The van der Waals surface area contributed by atoms with E-state index in [9.17, 15) is 9.18 Å². The van der Waals surface area contributed by atoms with Gasteiger partial charge in [0.15, 0.2) is 5.82 Å². The van der Waals surface area contributed by atoms with Crippen LogP contribution in [-0.2, 0) is 17.8 Å². The summed E-state index contributed by atoms with van der Waals surface area (Å²) >= 11 is 0. The molecule has 0 fully saturated rings. The number of nitrogens with zero attached hydrogens (tertiary/aromatic N) is 5. The van der Waals surface area contributed by atoms with Crippen LogP contribution >= 0.6 is 0 Å². The normalized spacial score (nSPS) is 11.0. The predicted molar refractivity (Wildman–Crippen MR) is 107 cm³/mol. The lowest BCUT2D eigenvalue weighted by Crippen LogP contribution is -2.26. The minimum Gasteiger partial charge on any atom is -0.347 e. The van der Waals surface area contributed by atoms with Gasteiger partial charge in [-0.15, -0.1) is 0 Å². The number of fused-ring (bicyclic) bond motifs is 1. The zero-order valence-corrected chi connectivity index (χ0v) is 16.1. The highest BCUT2D eigenvalue weighted by Gasteiger charge is 2.12. The van der Waals surface area contributed by atoms with Crippen molar-refractivity contribution in [2.45, 2.75) is 13.0 Å². The number of H-pyrrole nitrogens is 1. The lowest BCUT2D eigenvalue weighted by atomic mass is 10.1. The number of hydrogen-bond acceptors (Lipinski definition) is 5. The molecular formula is C20H20FN7O. The molecule has 1 aromatic carbocycles. The summed E-state index contributed by atoms with van der Waals surface area (Å²) in [6.45, 7) is 0.153. The van der Waals surface area contributed by atoms with E-state index in [-0.39, 0.29) is 18.3 Å². The van der Waals surface area contributed by atoms with Gasteiger partial charge in [0.25, 0.3) is 0 Å². The Morgan fingerprint density at radius 2 is 2.07 bits per heavy atom. The number of amides is 1. The Kier molecular flexibility index (Phi) is 4.94. The number of aromatic amines is 1. The van der Waals surface area contributed by atoms with Gasteiger partial charge in [-0.3, -0.25) is 14.6 Å². The van der Waals surface area contributed by atoms with Crippen LogP contribution in [0.15, 0.2) is 48.8 Å². The molecule has 8 nitrogen and oxygen atoms in total. The average molecular weight is 393 g/mol. The van der Waals surface area contributed by atoms with E-state index in [1.165, 1.54) is 11.0 Å². The van der Waals surface area contributed by atoms with Crippen LogP contribution in [0.2, 0.25) is 0 Å². The SMILES string of the molecule is CN(C)C(=O)Cn1ccc(Nc2cc3[nH]ncc3c(Cc3ccccc3F)n2)n1. The highest BCUT2D eigenvalue weighted by molar-refractivity contribution is 5.83. The fourth-order valence-corrected chi connectivity index (χ4v) is 2.96. The summed E-state index contributed by atoms with van der Waals surface area (Å²) in [6, 6.07) is 10.2. The van der Waals surface area contributed by atoms with Gasteiger partial charge in [-0.25, -0.2) is 9.37 Å². The molecule has 3 aromatic heterocycles. The van der Waals surface area contributed by atoms with Crippen LogP contribution in [-0.4, -0.2) is 49.9 Å². The maximum absolute atomic E-state index is 14.1. The van der Waals surface area contributed by atoms with E-state index in [4.69, 9.17) is 0 Å². The van der Waals surface area contributed by atoms with Crippen LogP contribution < -0.4 is 5.32 Å². The summed E-state index contributed by atoms with van der Waals surface area (Å²) < 4.78 is 15.7. The average Bonchev–Trinajstić information content (AvgIpc) is 3.33. The van der Waals surface area contributed by atoms with Crippen molar-refractivity contribution >= 4 is 28.4 Å². The van der Waals surface area contributed by atoms with Crippen molar-refractivity contribution in [3.8, 4) is 0 Å². The van der Waals surface area contributed by atoms with E-state index in [0.29, 0.717) is 29.3 Å². The van der Waals surface area contributed by atoms with Crippen molar-refractivity contribution in [1.82, 2.24) is 29.9 Å². The fraction of sp³-hybridized carbons (Fsp3) is 0.200. The van der Waals surface area contributed by atoms with Gasteiger partial charge in [-0.2, -0.15) is 10.2 Å². The Labute approximate surface area is 166 Å². The minimum absolute atomic E-state index is 0.0520.